The molecule has 25 heavy (non-hydrogen) atoms. The molecule has 0 spiro atoms. The molecule has 5 heteroatoms. The first kappa shape index (κ1) is 16.3. The zero-order chi connectivity index (χ0) is 17.6. The van der Waals surface area contributed by atoms with Gasteiger partial charge in [0.1, 0.15) is 11.9 Å². The lowest BCUT2D eigenvalue weighted by Crippen LogP contribution is -2.26. The maximum Gasteiger partial charge on any atom is 0.245 e. The largest absolute Gasteiger partial charge is 0.333 e. The van der Waals surface area contributed by atoms with Gasteiger partial charge >= 0.3 is 0 Å². The van der Waals surface area contributed by atoms with Crippen molar-refractivity contribution in [1.29, 1.82) is 5.26 Å². The number of hydrogen-bond acceptors (Lipinski definition) is 3. The fraction of sp³-hybridized carbons (Fsp3) is 0.0500. The summed E-state index contributed by atoms with van der Waals surface area (Å²) in [5.41, 5.74) is 1.70. The second kappa shape index (κ2) is 7.37. The quantitative estimate of drug-likeness (QED) is 0.740. The molecule has 4 nitrogen and oxygen atoms in total. The van der Waals surface area contributed by atoms with E-state index in [-0.39, 0.29) is 5.56 Å². The number of nitrogens with zero attached hydrogens (tertiary/aromatic N) is 2. The van der Waals surface area contributed by atoms with Gasteiger partial charge in [0.2, 0.25) is 5.91 Å². The third kappa shape index (κ3) is 3.70. The maximum atomic E-state index is 13.8. The molecule has 0 saturated carbocycles. The Morgan fingerprint density at radius 1 is 1.16 bits per heavy atom. The average Bonchev–Trinajstić information content (AvgIpc) is 2.65. The fourth-order valence-electron chi connectivity index (χ4n) is 2.51. The topological polar surface area (TPSA) is 65.8 Å². The van der Waals surface area contributed by atoms with Crippen LogP contribution in [0, 0.1) is 17.1 Å². The van der Waals surface area contributed by atoms with Gasteiger partial charge in [-0.05, 0) is 18.2 Å². The first-order valence-electron chi connectivity index (χ1n) is 7.65. The van der Waals surface area contributed by atoms with Crippen LogP contribution in [-0.2, 0) is 4.79 Å². The van der Waals surface area contributed by atoms with Crippen LogP contribution in [0.1, 0.15) is 17.2 Å². The molecule has 1 N–H and O–H groups in total. The summed E-state index contributed by atoms with van der Waals surface area (Å²) in [5.74, 6) is -1.01. The van der Waals surface area contributed by atoms with Crippen molar-refractivity contribution in [3.8, 4) is 6.07 Å². The predicted octanol–water partition coefficient (Wildman–Crippen LogP) is 3.77. The molecule has 0 fully saturated rings. The number of halogens is 1. The summed E-state index contributed by atoms with van der Waals surface area (Å²) in [6, 6.07) is 16.2. The van der Waals surface area contributed by atoms with E-state index in [1.165, 1.54) is 24.3 Å². The van der Waals surface area contributed by atoms with E-state index in [9.17, 15) is 14.4 Å². The first-order chi connectivity index (χ1) is 12.2. The number of nitriles is 1. The molecule has 1 heterocycles. The molecule has 1 amide bonds. The number of fused-ring (bicyclic) bond motifs is 1. The van der Waals surface area contributed by atoms with Gasteiger partial charge in [-0.1, -0.05) is 42.5 Å². The Balaban J connectivity index is 1.79. The van der Waals surface area contributed by atoms with Crippen molar-refractivity contribution in [3.63, 3.8) is 0 Å². The minimum absolute atomic E-state index is 0.138. The standard InChI is InChI=1S/C20H14FN3O/c21-17-9-2-1-8-16(17)18(13-22)24-19(25)11-10-15-6-3-5-14-7-4-12-23-20(14)15/h1-12,18H,(H,24,25)/b11-10+/t18-/m0/s1. The van der Waals surface area contributed by atoms with Gasteiger partial charge in [-0.2, -0.15) is 5.26 Å². The van der Waals surface area contributed by atoms with Gasteiger partial charge in [0.15, 0.2) is 0 Å². The van der Waals surface area contributed by atoms with Crippen LogP contribution in [0.15, 0.2) is 66.9 Å². The summed E-state index contributed by atoms with van der Waals surface area (Å²) in [5, 5.41) is 12.7. The number of rotatable bonds is 4. The van der Waals surface area contributed by atoms with Gasteiger partial charge in [-0.3, -0.25) is 9.78 Å². The first-order valence-corrected chi connectivity index (χ1v) is 7.65. The van der Waals surface area contributed by atoms with Crippen LogP contribution in [0.3, 0.4) is 0 Å². The Kier molecular flexibility index (Phi) is 4.82. The summed E-state index contributed by atoms with van der Waals surface area (Å²) in [4.78, 5) is 16.4. The molecule has 0 aliphatic carbocycles. The third-order valence-corrected chi connectivity index (χ3v) is 3.71. The summed E-state index contributed by atoms with van der Waals surface area (Å²) in [7, 11) is 0. The number of benzene rings is 2. The minimum atomic E-state index is -1.05. The Morgan fingerprint density at radius 2 is 1.96 bits per heavy atom. The second-order valence-corrected chi connectivity index (χ2v) is 5.35. The highest BCUT2D eigenvalue weighted by molar-refractivity contribution is 5.95. The van der Waals surface area contributed by atoms with E-state index in [1.54, 1.807) is 18.3 Å². The number of hydrogen-bond donors (Lipinski definition) is 1. The summed E-state index contributed by atoms with van der Waals surface area (Å²) in [6.07, 6.45) is 4.62. The number of pyridine rings is 1. The lowest BCUT2D eigenvalue weighted by atomic mass is 10.1. The van der Waals surface area contributed by atoms with Crippen LogP contribution in [0.25, 0.3) is 17.0 Å². The van der Waals surface area contributed by atoms with Gasteiger partial charge in [0, 0.05) is 28.8 Å². The van der Waals surface area contributed by atoms with Crippen LogP contribution in [0.4, 0.5) is 4.39 Å². The van der Waals surface area contributed by atoms with Crippen molar-refractivity contribution >= 4 is 22.9 Å². The van der Waals surface area contributed by atoms with Gasteiger partial charge in [0.05, 0.1) is 11.6 Å². The molecule has 3 rings (SSSR count). The van der Waals surface area contributed by atoms with E-state index < -0.39 is 17.8 Å². The minimum Gasteiger partial charge on any atom is -0.333 e. The van der Waals surface area contributed by atoms with E-state index in [4.69, 9.17) is 0 Å². The molecular weight excluding hydrogens is 317 g/mol. The normalized spacial score (nSPS) is 12.0. The van der Waals surface area contributed by atoms with E-state index >= 15 is 0 Å². The van der Waals surface area contributed by atoms with Crippen LogP contribution in [-0.4, -0.2) is 10.9 Å². The van der Waals surface area contributed by atoms with Gasteiger partial charge in [-0.25, -0.2) is 4.39 Å². The molecule has 0 aliphatic heterocycles. The van der Waals surface area contributed by atoms with Gasteiger partial charge in [0.25, 0.3) is 0 Å². The molecule has 1 aromatic heterocycles. The van der Waals surface area contributed by atoms with E-state index in [0.717, 1.165) is 16.5 Å². The number of aromatic nitrogens is 1. The van der Waals surface area contributed by atoms with E-state index in [1.807, 2.05) is 36.4 Å². The zero-order valence-electron chi connectivity index (χ0n) is 13.2. The molecule has 0 saturated heterocycles. The van der Waals surface area contributed by atoms with Crippen LogP contribution in [0.2, 0.25) is 0 Å². The Morgan fingerprint density at radius 3 is 2.76 bits per heavy atom. The van der Waals surface area contributed by atoms with E-state index in [2.05, 4.69) is 10.3 Å². The van der Waals surface area contributed by atoms with Gasteiger partial charge < -0.3 is 5.32 Å². The van der Waals surface area contributed by atoms with Crippen molar-refractivity contribution in [3.05, 3.63) is 83.8 Å². The molecule has 3 aromatic rings. The fourth-order valence-corrected chi connectivity index (χ4v) is 2.51. The Bertz CT molecular complexity index is 986. The molecule has 1 atom stereocenters. The summed E-state index contributed by atoms with van der Waals surface area (Å²) >= 11 is 0. The van der Waals surface area contributed by atoms with E-state index in [0.29, 0.717) is 0 Å². The maximum absolute atomic E-state index is 13.8. The molecule has 122 valence electrons. The van der Waals surface area contributed by atoms with Crippen molar-refractivity contribution in [2.45, 2.75) is 6.04 Å². The summed E-state index contributed by atoms with van der Waals surface area (Å²) < 4.78 is 13.8. The van der Waals surface area contributed by atoms with Crippen molar-refractivity contribution in [2.75, 3.05) is 0 Å². The number of carbonyl (C=O) groups is 1. The molecule has 0 aliphatic rings. The molecular formula is C20H14FN3O. The highest BCUT2D eigenvalue weighted by Gasteiger charge is 2.16. The lowest BCUT2D eigenvalue weighted by molar-refractivity contribution is -0.116. The molecule has 0 unspecified atom stereocenters. The van der Waals surface area contributed by atoms with Crippen molar-refractivity contribution in [2.24, 2.45) is 0 Å². The predicted molar refractivity (Wildman–Crippen MR) is 93.7 cm³/mol. The smallest absolute Gasteiger partial charge is 0.245 e. The highest BCUT2D eigenvalue weighted by atomic mass is 19.1. The average molecular weight is 331 g/mol. The number of carbonyl (C=O) groups excluding carboxylic acids is 1. The SMILES string of the molecule is N#C[C@H](NC(=O)/C=C/c1cccc2cccnc12)c1ccccc1F. The van der Waals surface area contributed by atoms with Crippen molar-refractivity contribution < 1.29 is 9.18 Å². The zero-order valence-corrected chi connectivity index (χ0v) is 13.2. The second-order valence-electron chi connectivity index (χ2n) is 5.35. The number of amides is 1. The molecule has 2 aromatic carbocycles. The van der Waals surface area contributed by atoms with Crippen LogP contribution >= 0.6 is 0 Å². The molecule has 0 bridgehead atoms. The summed E-state index contributed by atoms with van der Waals surface area (Å²) in [6.45, 7) is 0. The van der Waals surface area contributed by atoms with Gasteiger partial charge in [-0.15, -0.1) is 0 Å². The molecule has 0 radical (unpaired) electrons. The monoisotopic (exact) mass is 331 g/mol. The third-order valence-electron chi connectivity index (χ3n) is 3.71. The Labute approximate surface area is 144 Å². The highest BCUT2D eigenvalue weighted by Crippen LogP contribution is 2.18. The Hall–Kier alpha value is -3.52. The lowest BCUT2D eigenvalue weighted by Gasteiger charge is -2.11. The van der Waals surface area contributed by atoms with Crippen LogP contribution in [0.5, 0.6) is 0 Å². The van der Waals surface area contributed by atoms with Crippen molar-refractivity contribution in [1.82, 2.24) is 10.3 Å². The van der Waals surface area contributed by atoms with Crippen LogP contribution < -0.4 is 5.32 Å². The number of para-hydroxylation sites is 1. The number of nitrogens with one attached hydrogen (secondary N) is 1.